The number of amides is 4. The van der Waals surface area contributed by atoms with Crippen LogP contribution < -0.4 is 10.6 Å². The summed E-state index contributed by atoms with van der Waals surface area (Å²) in [5.41, 5.74) is -1.79. The number of alkyl halides is 2. The Labute approximate surface area is 198 Å². The second-order valence-corrected chi connectivity index (χ2v) is 7.19. The zero-order valence-corrected chi connectivity index (χ0v) is 16.7. The van der Waals surface area contributed by atoms with Crippen molar-refractivity contribution in [1.29, 1.82) is 0 Å². The minimum atomic E-state index is -4.32. The minimum Gasteiger partial charge on any atom is -0.346 e. The van der Waals surface area contributed by atoms with Crippen molar-refractivity contribution in [3.63, 3.8) is 0 Å². The Hall–Kier alpha value is -3.33. The van der Waals surface area contributed by atoms with E-state index in [1.807, 2.05) is 0 Å². The largest absolute Gasteiger partial charge is 0.349 e. The number of carbonyl (C=O) groups is 4. The summed E-state index contributed by atoms with van der Waals surface area (Å²) in [7, 11) is 0. The van der Waals surface area contributed by atoms with Gasteiger partial charge in [0.15, 0.2) is 1.41 Å². The van der Waals surface area contributed by atoms with Crippen LogP contribution in [0.25, 0.3) is 0 Å². The van der Waals surface area contributed by atoms with E-state index < -0.39 is 77.8 Å². The fourth-order valence-electron chi connectivity index (χ4n) is 3.10. The number of halogens is 3. The highest BCUT2D eigenvalue weighted by Crippen LogP contribution is 2.30. The third-order valence-electron chi connectivity index (χ3n) is 4.68. The first-order chi connectivity index (χ1) is 18.2. The Morgan fingerprint density at radius 3 is 2.75 bits per heavy atom. The van der Waals surface area contributed by atoms with Crippen LogP contribution in [-0.2, 0) is 33.3 Å². The third-order valence-corrected chi connectivity index (χ3v) is 4.93. The molecule has 10 heteroatoms. The molecule has 1 fully saturated rings. The van der Waals surface area contributed by atoms with Gasteiger partial charge in [-0.15, -0.1) is 0 Å². The van der Waals surface area contributed by atoms with E-state index in [2.05, 4.69) is 0 Å². The van der Waals surface area contributed by atoms with E-state index in [9.17, 15) is 28.0 Å². The lowest BCUT2D eigenvalue weighted by molar-refractivity contribution is -0.147. The lowest BCUT2D eigenvalue weighted by Gasteiger charge is -2.29. The Morgan fingerprint density at radius 2 is 2.03 bits per heavy atom. The van der Waals surface area contributed by atoms with Crippen LogP contribution in [0.3, 0.4) is 0 Å². The van der Waals surface area contributed by atoms with Crippen molar-refractivity contribution < 1.29 is 39.0 Å². The summed E-state index contributed by atoms with van der Waals surface area (Å²) in [6.45, 7) is -3.94. The van der Waals surface area contributed by atoms with Crippen LogP contribution in [-0.4, -0.2) is 34.5 Å². The number of hydrogen-bond donors (Lipinski definition) is 2. The number of nitrogens with one attached hydrogen (secondary N) is 2. The van der Waals surface area contributed by atoms with Crippen molar-refractivity contribution in [2.24, 2.45) is 0 Å². The molecule has 0 spiro atoms. The summed E-state index contributed by atoms with van der Waals surface area (Å²) in [4.78, 5) is 50.5. The lowest BCUT2D eigenvalue weighted by atomic mass is 10.0. The fraction of sp³-hybridized carbons (Fsp3) is 0.273. The third kappa shape index (κ3) is 4.08. The van der Waals surface area contributed by atoms with Gasteiger partial charge in [0.05, 0.1) is 4.11 Å². The molecule has 0 aromatic heterocycles. The number of fused-ring (bicyclic) bond motifs is 1. The van der Waals surface area contributed by atoms with E-state index in [4.69, 9.17) is 22.6 Å². The molecular formula is C22H18ClF2N3O4. The Morgan fingerprint density at radius 1 is 1.31 bits per heavy atom. The molecule has 4 rings (SSSR count). The molecule has 0 unspecified atom stereocenters. The number of hydrogen-bond acceptors (Lipinski definition) is 4. The first kappa shape index (κ1) is 13.9. The highest BCUT2D eigenvalue weighted by Gasteiger charge is 2.41. The van der Waals surface area contributed by atoms with Gasteiger partial charge in [-0.05, 0) is 35.7 Å². The zero-order chi connectivity index (χ0) is 30.2. The molecule has 2 heterocycles. The number of imide groups is 1. The van der Waals surface area contributed by atoms with Gasteiger partial charge < -0.3 is 10.2 Å². The molecule has 4 amide bonds. The predicted molar refractivity (Wildman–Crippen MR) is 110 cm³/mol. The smallest absolute Gasteiger partial charge is 0.346 e. The van der Waals surface area contributed by atoms with E-state index in [0.717, 1.165) is 42.5 Å². The number of piperidine rings is 1. The van der Waals surface area contributed by atoms with E-state index >= 15 is 0 Å². The quantitative estimate of drug-likeness (QED) is 0.658. The van der Waals surface area contributed by atoms with Crippen molar-refractivity contribution in [2.45, 2.75) is 37.7 Å². The van der Waals surface area contributed by atoms with Crippen LogP contribution in [0, 0.1) is 0 Å². The molecule has 2 aliphatic rings. The van der Waals surface area contributed by atoms with E-state index in [1.54, 1.807) is 5.32 Å². The molecule has 7 nitrogen and oxygen atoms in total. The monoisotopic (exact) mass is 469 g/mol. The normalized spacial score (nSPS) is 28.0. The molecule has 1 saturated heterocycles. The van der Waals surface area contributed by atoms with Crippen molar-refractivity contribution in [3.05, 3.63) is 69.7 Å². The van der Waals surface area contributed by atoms with Crippen molar-refractivity contribution in [2.75, 3.05) is 0 Å². The van der Waals surface area contributed by atoms with Crippen LogP contribution in [0.4, 0.5) is 8.78 Å². The average Bonchev–Trinajstić information content (AvgIpc) is 3.22. The lowest BCUT2D eigenvalue weighted by Crippen LogP contribution is -2.52. The molecule has 0 saturated carbocycles. The van der Waals surface area contributed by atoms with Crippen LogP contribution in [0.15, 0.2) is 42.5 Å². The van der Waals surface area contributed by atoms with E-state index in [1.165, 1.54) is 0 Å². The van der Waals surface area contributed by atoms with Crippen molar-refractivity contribution >= 4 is 35.2 Å². The summed E-state index contributed by atoms with van der Waals surface area (Å²) in [6.07, 6.45) is -6.94. The molecule has 2 aromatic carbocycles. The van der Waals surface area contributed by atoms with Gasteiger partial charge in [-0.25, -0.2) is 0 Å². The molecule has 166 valence electrons. The molecule has 2 aliphatic heterocycles. The van der Waals surface area contributed by atoms with Gasteiger partial charge in [-0.1, -0.05) is 35.9 Å². The highest BCUT2D eigenvalue weighted by atomic mass is 35.5. The second kappa shape index (κ2) is 8.31. The molecule has 0 aliphatic carbocycles. The summed E-state index contributed by atoms with van der Waals surface area (Å²) in [5.74, 6) is -10.9. The van der Waals surface area contributed by atoms with Crippen LogP contribution in [0.2, 0.25) is 6.43 Å². The molecule has 2 aromatic rings. The van der Waals surface area contributed by atoms with E-state index in [-0.39, 0.29) is 16.1 Å². The maximum absolute atomic E-state index is 14.8. The summed E-state index contributed by atoms with van der Waals surface area (Å²) in [5, 5.41) is 1.08. The van der Waals surface area contributed by atoms with Crippen LogP contribution in [0.5, 0.6) is 0 Å². The average molecular weight is 470 g/mol. The van der Waals surface area contributed by atoms with Crippen molar-refractivity contribution in [3.8, 4) is 0 Å². The fourth-order valence-corrected chi connectivity index (χ4v) is 3.22. The van der Waals surface area contributed by atoms with Gasteiger partial charge >= 0.3 is 5.92 Å². The minimum absolute atomic E-state index is 0.0998. The van der Waals surface area contributed by atoms with Gasteiger partial charge in [0, 0.05) is 41.0 Å². The van der Waals surface area contributed by atoms with E-state index in [0.29, 0.717) is 4.90 Å². The molecule has 32 heavy (non-hydrogen) atoms. The van der Waals surface area contributed by atoms with Crippen molar-refractivity contribution in [1.82, 2.24) is 15.5 Å². The predicted octanol–water partition coefficient (Wildman–Crippen LogP) is 2.51. The Balaban J connectivity index is 1.67. The topological polar surface area (TPSA) is 95.6 Å². The van der Waals surface area contributed by atoms with Gasteiger partial charge in [-0.3, -0.25) is 24.5 Å². The van der Waals surface area contributed by atoms with Crippen LogP contribution in [0.1, 0.15) is 49.4 Å². The van der Waals surface area contributed by atoms with Gasteiger partial charge in [0.2, 0.25) is 11.8 Å². The SMILES string of the molecule is [2H]N(C(=O)C(F)(F)c1ccc(Cl)cc1)C([2H])([2H])c1ccc2c(c1)CN([C@@]1([2H])C(=O)NC(=O)C([2H])([2H])C1([2H])[2H])C2=O. The zero-order valence-electron chi connectivity index (χ0n) is 23.9. The maximum Gasteiger partial charge on any atom is 0.349 e. The molecule has 1 atom stereocenters. The molecular weight excluding hydrogens is 444 g/mol. The summed E-state index contributed by atoms with van der Waals surface area (Å²) in [6, 6.07) is 3.36. The summed E-state index contributed by atoms with van der Waals surface area (Å²) < 4.78 is 94.3. The summed E-state index contributed by atoms with van der Waals surface area (Å²) >= 11 is 5.67. The number of nitrogens with zero attached hydrogens (tertiary/aromatic N) is 1. The first-order valence-electron chi connectivity index (χ1n) is 13.0. The van der Waals surface area contributed by atoms with Crippen LogP contribution >= 0.6 is 11.6 Å². The van der Waals surface area contributed by atoms with Gasteiger partial charge in [0.1, 0.15) is 6.02 Å². The number of benzene rings is 2. The van der Waals surface area contributed by atoms with Gasteiger partial charge in [-0.2, -0.15) is 8.78 Å². The second-order valence-electron chi connectivity index (χ2n) is 6.76. The first-order valence-corrected chi connectivity index (χ1v) is 9.39. The molecule has 0 bridgehead atoms. The van der Waals surface area contributed by atoms with Gasteiger partial charge in [0.25, 0.3) is 11.8 Å². The molecule has 0 radical (unpaired) electrons. The Bertz CT molecular complexity index is 1460. The number of carbonyl (C=O) groups excluding carboxylic acids is 4. The standard InChI is InChI=1S/C22H18ClF2N3O4/c23-15-4-2-14(3-5-15)22(24,25)21(32)26-10-12-1-6-16-13(9-12)11-28(20(16)31)17-7-8-18(29)27-19(17)30/h1-6,9,17H,7-8,10-11H2,(H,26,32)(H,27,29,30)/t17-/m1/s1/i7D2,8D2,10D2,17D/hD. The Kier molecular flexibility index (Phi) is 3.62. The maximum atomic E-state index is 14.8. The number of rotatable bonds is 5. The highest BCUT2D eigenvalue weighted by molar-refractivity contribution is 6.30. The molecule has 2 N–H and O–H groups in total.